The first-order chi connectivity index (χ1) is 9.56. The summed E-state index contributed by atoms with van der Waals surface area (Å²) in [5.41, 5.74) is 0.721. The molecule has 1 rings (SSSR count). The number of nitrogens with zero attached hydrogens (tertiary/aromatic N) is 1. The summed E-state index contributed by atoms with van der Waals surface area (Å²) >= 11 is 0. The van der Waals surface area contributed by atoms with Gasteiger partial charge in [0, 0.05) is 12.6 Å². The fourth-order valence-corrected chi connectivity index (χ4v) is 1.60. The number of carbonyl (C=O) groups excluding carboxylic acids is 1. The van der Waals surface area contributed by atoms with Gasteiger partial charge in [-0.3, -0.25) is 4.79 Å². The van der Waals surface area contributed by atoms with E-state index in [1.54, 1.807) is 24.3 Å². The Hall–Kier alpha value is -1.95. The van der Waals surface area contributed by atoms with Crippen LogP contribution in [-0.4, -0.2) is 49.1 Å². The van der Waals surface area contributed by atoms with Gasteiger partial charge in [0.2, 0.25) is 5.91 Å². The van der Waals surface area contributed by atoms with Crippen molar-refractivity contribution in [3.63, 3.8) is 0 Å². The standard InChI is InChI=1S/C14H17F2NO3/c1-20-12-4-2-3-11(9-12)5-6-14(19)17(7-8-18)10-13(15)16/h2-6,9,13,18H,7-8,10H2,1H3/b6-5+. The van der Waals surface area contributed by atoms with Gasteiger partial charge in [0.05, 0.1) is 20.3 Å². The molecule has 0 aliphatic heterocycles. The number of amides is 1. The van der Waals surface area contributed by atoms with Crippen molar-refractivity contribution >= 4 is 12.0 Å². The van der Waals surface area contributed by atoms with Crippen LogP contribution in [0.2, 0.25) is 0 Å². The van der Waals surface area contributed by atoms with E-state index in [0.29, 0.717) is 5.75 Å². The molecule has 0 bridgehead atoms. The van der Waals surface area contributed by atoms with Crippen molar-refractivity contribution < 1.29 is 23.4 Å². The van der Waals surface area contributed by atoms with Gasteiger partial charge in [0.25, 0.3) is 6.43 Å². The Bertz CT molecular complexity index is 463. The summed E-state index contributed by atoms with van der Waals surface area (Å²) in [6.07, 6.45) is 0.0868. The maximum atomic E-state index is 12.3. The molecule has 0 heterocycles. The van der Waals surface area contributed by atoms with E-state index in [0.717, 1.165) is 10.5 Å². The van der Waals surface area contributed by atoms with Crippen LogP contribution in [0.4, 0.5) is 8.78 Å². The number of halogens is 2. The highest BCUT2D eigenvalue weighted by molar-refractivity contribution is 5.91. The summed E-state index contributed by atoms with van der Waals surface area (Å²) < 4.78 is 29.7. The predicted molar refractivity (Wildman–Crippen MR) is 71.7 cm³/mol. The molecule has 0 spiro atoms. The zero-order valence-electron chi connectivity index (χ0n) is 11.1. The average Bonchev–Trinajstić information content (AvgIpc) is 2.44. The number of hydrogen-bond donors (Lipinski definition) is 1. The number of benzene rings is 1. The lowest BCUT2D eigenvalue weighted by Gasteiger charge is -2.19. The molecule has 110 valence electrons. The molecule has 0 fully saturated rings. The first kappa shape index (κ1) is 16.1. The third kappa shape index (κ3) is 5.36. The number of alkyl halides is 2. The number of methoxy groups -OCH3 is 1. The topological polar surface area (TPSA) is 49.8 Å². The van der Waals surface area contributed by atoms with Gasteiger partial charge in [-0.05, 0) is 23.8 Å². The molecular formula is C14H17F2NO3. The summed E-state index contributed by atoms with van der Waals surface area (Å²) in [5, 5.41) is 8.77. The normalized spacial score (nSPS) is 11.1. The molecule has 1 aromatic carbocycles. The second-order valence-corrected chi connectivity index (χ2v) is 4.01. The largest absolute Gasteiger partial charge is 0.497 e. The number of ether oxygens (including phenoxy) is 1. The molecule has 0 aromatic heterocycles. The molecule has 0 radical (unpaired) electrons. The smallest absolute Gasteiger partial charge is 0.255 e. The van der Waals surface area contributed by atoms with E-state index >= 15 is 0 Å². The van der Waals surface area contributed by atoms with Gasteiger partial charge in [-0.15, -0.1) is 0 Å². The van der Waals surface area contributed by atoms with Crippen molar-refractivity contribution in [2.75, 3.05) is 26.8 Å². The predicted octanol–water partition coefficient (Wildman–Crippen LogP) is 1.79. The van der Waals surface area contributed by atoms with E-state index in [4.69, 9.17) is 9.84 Å². The Morgan fingerprint density at radius 3 is 2.85 bits per heavy atom. The summed E-state index contributed by atoms with van der Waals surface area (Å²) in [6.45, 7) is -1.17. The van der Waals surface area contributed by atoms with E-state index < -0.39 is 18.9 Å². The molecule has 4 nitrogen and oxygen atoms in total. The SMILES string of the molecule is COc1cccc(/C=C/C(=O)N(CCO)CC(F)F)c1. The minimum atomic E-state index is -2.63. The Labute approximate surface area is 116 Å². The number of carbonyl (C=O) groups is 1. The fourth-order valence-electron chi connectivity index (χ4n) is 1.60. The monoisotopic (exact) mass is 285 g/mol. The molecule has 0 atom stereocenters. The van der Waals surface area contributed by atoms with Crippen LogP contribution in [0.15, 0.2) is 30.3 Å². The molecule has 0 unspecified atom stereocenters. The molecule has 6 heteroatoms. The van der Waals surface area contributed by atoms with Crippen molar-refractivity contribution in [1.82, 2.24) is 4.90 Å². The highest BCUT2D eigenvalue weighted by Gasteiger charge is 2.15. The van der Waals surface area contributed by atoms with Crippen LogP contribution in [0.25, 0.3) is 6.08 Å². The van der Waals surface area contributed by atoms with Crippen molar-refractivity contribution in [1.29, 1.82) is 0 Å². The van der Waals surface area contributed by atoms with E-state index in [2.05, 4.69) is 0 Å². The van der Waals surface area contributed by atoms with Crippen LogP contribution in [0.5, 0.6) is 5.75 Å². The number of rotatable bonds is 7. The highest BCUT2D eigenvalue weighted by atomic mass is 19.3. The molecule has 0 saturated heterocycles. The van der Waals surface area contributed by atoms with Gasteiger partial charge in [0.1, 0.15) is 5.75 Å². The Morgan fingerprint density at radius 2 is 2.25 bits per heavy atom. The molecule has 1 N–H and O–H groups in total. The van der Waals surface area contributed by atoms with Crippen LogP contribution in [-0.2, 0) is 4.79 Å². The molecule has 0 saturated carbocycles. The number of hydrogen-bond acceptors (Lipinski definition) is 3. The van der Waals surface area contributed by atoms with Gasteiger partial charge in [0.15, 0.2) is 0 Å². The van der Waals surface area contributed by atoms with Crippen LogP contribution in [0.1, 0.15) is 5.56 Å². The van der Waals surface area contributed by atoms with Crippen LogP contribution >= 0.6 is 0 Å². The summed E-state index contributed by atoms with van der Waals surface area (Å²) in [5.74, 6) is 0.0709. The van der Waals surface area contributed by atoms with E-state index in [-0.39, 0.29) is 13.2 Å². The third-order valence-electron chi connectivity index (χ3n) is 2.55. The average molecular weight is 285 g/mol. The molecule has 0 aliphatic carbocycles. The Morgan fingerprint density at radius 1 is 1.50 bits per heavy atom. The second kappa shape index (κ2) is 8.27. The first-order valence-electron chi connectivity index (χ1n) is 6.07. The van der Waals surface area contributed by atoms with Crippen LogP contribution < -0.4 is 4.74 Å². The zero-order chi connectivity index (χ0) is 15.0. The molecule has 1 amide bonds. The highest BCUT2D eigenvalue weighted by Crippen LogP contribution is 2.13. The van der Waals surface area contributed by atoms with E-state index in [1.807, 2.05) is 0 Å². The van der Waals surface area contributed by atoms with Gasteiger partial charge in [-0.1, -0.05) is 12.1 Å². The lowest BCUT2D eigenvalue weighted by molar-refractivity contribution is -0.128. The van der Waals surface area contributed by atoms with Crippen molar-refractivity contribution in [2.24, 2.45) is 0 Å². The van der Waals surface area contributed by atoms with Gasteiger partial charge in [-0.2, -0.15) is 0 Å². The maximum absolute atomic E-state index is 12.3. The summed E-state index contributed by atoms with van der Waals surface area (Å²) in [6, 6.07) is 6.99. The number of aliphatic hydroxyl groups excluding tert-OH is 1. The minimum Gasteiger partial charge on any atom is -0.497 e. The molecule has 1 aromatic rings. The summed E-state index contributed by atoms with van der Waals surface area (Å²) in [7, 11) is 1.53. The number of aliphatic hydroxyl groups is 1. The van der Waals surface area contributed by atoms with E-state index in [9.17, 15) is 13.6 Å². The molecule has 20 heavy (non-hydrogen) atoms. The fraction of sp³-hybridized carbons (Fsp3) is 0.357. The zero-order valence-corrected chi connectivity index (χ0v) is 11.1. The Kier molecular flexibility index (Phi) is 6.66. The van der Waals surface area contributed by atoms with Gasteiger partial charge >= 0.3 is 0 Å². The second-order valence-electron chi connectivity index (χ2n) is 4.01. The van der Waals surface area contributed by atoms with Gasteiger partial charge in [-0.25, -0.2) is 8.78 Å². The summed E-state index contributed by atoms with van der Waals surface area (Å²) in [4.78, 5) is 12.7. The third-order valence-corrected chi connectivity index (χ3v) is 2.55. The molecule has 0 aliphatic rings. The first-order valence-corrected chi connectivity index (χ1v) is 6.07. The van der Waals surface area contributed by atoms with Crippen molar-refractivity contribution in [2.45, 2.75) is 6.43 Å². The van der Waals surface area contributed by atoms with Gasteiger partial charge < -0.3 is 14.7 Å². The van der Waals surface area contributed by atoms with Crippen molar-refractivity contribution in [3.05, 3.63) is 35.9 Å². The van der Waals surface area contributed by atoms with Crippen molar-refractivity contribution in [3.8, 4) is 5.75 Å². The lowest BCUT2D eigenvalue weighted by atomic mass is 10.2. The minimum absolute atomic E-state index is 0.119. The van der Waals surface area contributed by atoms with E-state index in [1.165, 1.54) is 19.3 Å². The Balaban J connectivity index is 2.72. The lowest BCUT2D eigenvalue weighted by Crippen LogP contribution is -2.36. The molecular weight excluding hydrogens is 268 g/mol. The van der Waals surface area contributed by atoms with Crippen LogP contribution in [0.3, 0.4) is 0 Å². The van der Waals surface area contributed by atoms with Crippen LogP contribution in [0, 0.1) is 0 Å². The maximum Gasteiger partial charge on any atom is 0.255 e. The quantitative estimate of drug-likeness (QED) is 0.777.